The Labute approximate surface area is 159 Å². The Morgan fingerprint density at radius 2 is 1.92 bits per heavy atom. The minimum absolute atomic E-state index is 0.0506. The summed E-state index contributed by atoms with van der Waals surface area (Å²) in [5.41, 5.74) is 3.34. The summed E-state index contributed by atoms with van der Waals surface area (Å²) in [4.78, 5) is 14.7. The summed E-state index contributed by atoms with van der Waals surface area (Å²) in [6, 6.07) is 16.0. The normalized spacial score (nSPS) is 17.2. The highest BCUT2D eigenvalue weighted by Gasteiger charge is 2.31. The van der Waals surface area contributed by atoms with Crippen LogP contribution in [0.15, 0.2) is 48.5 Å². The standard InChI is InChI=1S/C21H26N2O2S/c1-21(2,3)16-10-8-15(9-11-16)19-23(12-13-26-19)20(24)22-17-6-5-7-18(14-17)25-4/h5-11,14,19H,12-13H2,1-4H3,(H,22,24)/t19-/m0/s1. The number of urea groups is 1. The summed E-state index contributed by atoms with van der Waals surface area (Å²) in [5, 5.41) is 3.04. The number of carbonyl (C=O) groups is 1. The molecule has 1 saturated heterocycles. The molecule has 1 fully saturated rings. The van der Waals surface area contributed by atoms with Crippen LogP contribution in [-0.4, -0.2) is 30.3 Å². The Balaban J connectivity index is 1.74. The van der Waals surface area contributed by atoms with Gasteiger partial charge in [0.15, 0.2) is 0 Å². The van der Waals surface area contributed by atoms with Crippen LogP contribution in [0.2, 0.25) is 0 Å². The van der Waals surface area contributed by atoms with Gasteiger partial charge in [-0.1, -0.05) is 51.1 Å². The van der Waals surface area contributed by atoms with Crippen LogP contribution in [0.3, 0.4) is 0 Å². The number of ether oxygens (including phenoxy) is 1. The molecule has 0 radical (unpaired) electrons. The third-order valence-corrected chi connectivity index (χ3v) is 5.80. The Hall–Kier alpha value is -2.14. The van der Waals surface area contributed by atoms with Crippen LogP contribution < -0.4 is 10.1 Å². The number of carbonyl (C=O) groups excluding carboxylic acids is 1. The number of thioether (sulfide) groups is 1. The molecule has 0 bridgehead atoms. The average molecular weight is 371 g/mol. The number of hydrogen-bond donors (Lipinski definition) is 1. The van der Waals surface area contributed by atoms with Crippen LogP contribution in [0.1, 0.15) is 37.3 Å². The van der Waals surface area contributed by atoms with Crippen molar-refractivity contribution < 1.29 is 9.53 Å². The van der Waals surface area contributed by atoms with Crippen molar-refractivity contribution in [3.63, 3.8) is 0 Å². The molecule has 1 N–H and O–H groups in total. The first-order valence-electron chi connectivity index (χ1n) is 8.82. The molecule has 0 aliphatic carbocycles. The summed E-state index contributed by atoms with van der Waals surface area (Å²) in [5.74, 6) is 1.67. The van der Waals surface area contributed by atoms with E-state index in [1.165, 1.54) is 11.1 Å². The van der Waals surface area contributed by atoms with Gasteiger partial charge < -0.3 is 15.0 Å². The highest BCUT2D eigenvalue weighted by molar-refractivity contribution is 7.99. The third kappa shape index (κ3) is 4.15. The van der Waals surface area contributed by atoms with Crippen LogP contribution in [0.25, 0.3) is 0 Å². The van der Waals surface area contributed by atoms with E-state index in [0.717, 1.165) is 23.7 Å². The minimum Gasteiger partial charge on any atom is -0.497 e. The summed E-state index contributed by atoms with van der Waals surface area (Å²) in [6.07, 6.45) is 0. The lowest BCUT2D eigenvalue weighted by atomic mass is 9.87. The fourth-order valence-electron chi connectivity index (χ4n) is 3.00. The predicted octanol–water partition coefficient (Wildman–Crippen LogP) is 5.27. The predicted molar refractivity (Wildman–Crippen MR) is 109 cm³/mol. The van der Waals surface area contributed by atoms with Gasteiger partial charge in [-0.05, 0) is 28.7 Å². The first-order chi connectivity index (χ1) is 12.4. The molecule has 138 valence electrons. The van der Waals surface area contributed by atoms with E-state index < -0.39 is 0 Å². The molecule has 0 spiro atoms. The summed E-state index contributed by atoms with van der Waals surface area (Å²) < 4.78 is 5.22. The number of rotatable bonds is 3. The molecule has 4 nitrogen and oxygen atoms in total. The van der Waals surface area contributed by atoms with Gasteiger partial charge in [0.05, 0.1) is 7.11 Å². The number of hydrogen-bond acceptors (Lipinski definition) is 3. The van der Waals surface area contributed by atoms with Crippen LogP contribution in [-0.2, 0) is 5.41 Å². The van der Waals surface area contributed by atoms with Crippen LogP contribution in [0.5, 0.6) is 5.75 Å². The molecule has 26 heavy (non-hydrogen) atoms. The molecule has 1 aliphatic heterocycles. The first-order valence-corrected chi connectivity index (χ1v) is 9.87. The van der Waals surface area contributed by atoms with Gasteiger partial charge in [0.1, 0.15) is 11.1 Å². The van der Waals surface area contributed by atoms with Crippen molar-refractivity contribution in [1.82, 2.24) is 4.90 Å². The van der Waals surface area contributed by atoms with Gasteiger partial charge in [-0.2, -0.15) is 0 Å². The van der Waals surface area contributed by atoms with Crippen molar-refractivity contribution in [2.45, 2.75) is 31.6 Å². The van der Waals surface area contributed by atoms with E-state index in [0.29, 0.717) is 0 Å². The second-order valence-corrected chi connectivity index (χ2v) is 8.64. The van der Waals surface area contributed by atoms with Crippen LogP contribution in [0.4, 0.5) is 10.5 Å². The summed E-state index contributed by atoms with van der Waals surface area (Å²) >= 11 is 1.80. The third-order valence-electron chi connectivity index (χ3n) is 4.53. The van der Waals surface area contributed by atoms with Gasteiger partial charge in [-0.15, -0.1) is 11.8 Å². The second-order valence-electron chi connectivity index (χ2n) is 7.45. The van der Waals surface area contributed by atoms with E-state index >= 15 is 0 Å². The number of benzene rings is 2. The van der Waals surface area contributed by atoms with E-state index in [9.17, 15) is 4.79 Å². The lowest BCUT2D eigenvalue weighted by molar-refractivity contribution is 0.214. The maximum absolute atomic E-state index is 12.8. The van der Waals surface area contributed by atoms with Gasteiger partial charge >= 0.3 is 6.03 Å². The van der Waals surface area contributed by atoms with Crippen molar-refractivity contribution in [2.75, 3.05) is 24.7 Å². The average Bonchev–Trinajstić information content (AvgIpc) is 3.11. The van der Waals surface area contributed by atoms with Gasteiger partial charge in [-0.3, -0.25) is 0 Å². The highest BCUT2D eigenvalue weighted by Crippen LogP contribution is 2.39. The molecule has 0 unspecified atom stereocenters. The zero-order valence-corrected chi connectivity index (χ0v) is 16.6. The van der Waals surface area contributed by atoms with Gasteiger partial charge in [0.25, 0.3) is 0 Å². The monoisotopic (exact) mass is 370 g/mol. The Kier molecular flexibility index (Phi) is 5.47. The second kappa shape index (κ2) is 7.62. The lowest BCUT2D eigenvalue weighted by Gasteiger charge is -2.25. The number of nitrogens with one attached hydrogen (secondary N) is 1. The number of methoxy groups -OCH3 is 1. The smallest absolute Gasteiger partial charge is 0.323 e. The van der Waals surface area contributed by atoms with Crippen LogP contribution in [0, 0.1) is 0 Å². The van der Waals surface area contributed by atoms with E-state index in [1.54, 1.807) is 18.9 Å². The zero-order chi connectivity index (χ0) is 18.7. The molecule has 1 atom stereocenters. The van der Waals surface area contributed by atoms with Crippen molar-refractivity contribution in [3.8, 4) is 5.75 Å². The Morgan fingerprint density at radius 3 is 2.58 bits per heavy atom. The largest absolute Gasteiger partial charge is 0.497 e. The molecular formula is C21H26N2O2S. The maximum atomic E-state index is 12.8. The van der Waals surface area contributed by atoms with Crippen LogP contribution >= 0.6 is 11.8 Å². The molecular weight excluding hydrogens is 344 g/mol. The number of amides is 2. The molecule has 2 amide bonds. The lowest BCUT2D eigenvalue weighted by Crippen LogP contribution is -2.34. The van der Waals surface area contributed by atoms with Gasteiger partial charge in [0.2, 0.25) is 0 Å². The number of nitrogens with zero attached hydrogens (tertiary/aromatic N) is 1. The highest BCUT2D eigenvalue weighted by atomic mass is 32.2. The van der Waals surface area contributed by atoms with E-state index in [4.69, 9.17) is 4.74 Å². The van der Waals surface area contributed by atoms with Crippen molar-refractivity contribution in [3.05, 3.63) is 59.7 Å². The molecule has 5 heteroatoms. The fourth-order valence-corrected chi connectivity index (χ4v) is 4.25. The zero-order valence-electron chi connectivity index (χ0n) is 15.8. The van der Waals surface area contributed by atoms with Gasteiger partial charge in [-0.25, -0.2) is 4.79 Å². The molecule has 1 heterocycles. The quantitative estimate of drug-likeness (QED) is 0.800. The van der Waals surface area contributed by atoms with E-state index in [1.807, 2.05) is 29.2 Å². The fraction of sp³-hybridized carbons (Fsp3) is 0.381. The molecule has 3 rings (SSSR count). The van der Waals surface area contributed by atoms with E-state index in [-0.39, 0.29) is 16.8 Å². The number of anilines is 1. The maximum Gasteiger partial charge on any atom is 0.323 e. The first kappa shape index (κ1) is 18.6. The SMILES string of the molecule is COc1cccc(NC(=O)N2CCS[C@H]2c2ccc(C(C)(C)C)cc2)c1. The molecule has 0 aromatic heterocycles. The topological polar surface area (TPSA) is 41.6 Å². The molecule has 0 saturated carbocycles. The van der Waals surface area contributed by atoms with Gasteiger partial charge in [0, 0.05) is 24.1 Å². The van der Waals surface area contributed by atoms with E-state index in [2.05, 4.69) is 50.4 Å². The Morgan fingerprint density at radius 1 is 1.19 bits per heavy atom. The van der Waals surface area contributed by atoms with Crippen molar-refractivity contribution in [1.29, 1.82) is 0 Å². The van der Waals surface area contributed by atoms with Crippen molar-refractivity contribution >= 4 is 23.5 Å². The Bertz CT molecular complexity index is 768. The minimum atomic E-state index is -0.0758. The van der Waals surface area contributed by atoms with Crippen molar-refractivity contribution in [2.24, 2.45) is 0 Å². The molecule has 2 aromatic rings. The molecule has 2 aromatic carbocycles. The summed E-state index contributed by atoms with van der Waals surface area (Å²) in [7, 11) is 1.62. The molecule has 1 aliphatic rings. The summed E-state index contributed by atoms with van der Waals surface area (Å²) in [6.45, 7) is 7.37.